The van der Waals surface area contributed by atoms with Gasteiger partial charge in [-0.3, -0.25) is 4.79 Å². The van der Waals surface area contributed by atoms with Gasteiger partial charge >= 0.3 is 6.03 Å². The van der Waals surface area contributed by atoms with E-state index in [0.717, 1.165) is 18.9 Å². The summed E-state index contributed by atoms with van der Waals surface area (Å²) in [5, 5.41) is 3.07. The zero-order valence-electron chi connectivity index (χ0n) is 15.7. The minimum absolute atomic E-state index is 0.0531. The Balaban J connectivity index is 1.31. The molecule has 3 fully saturated rings. The zero-order valence-corrected chi connectivity index (χ0v) is 15.7. The molecule has 1 aliphatic heterocycles. The Bertz CT molecular complexity index is 434. The summed E-state index contributed by atoms with van der Waals surface area (Å²) in [7, 11) is 0. The van der Waals surface area contributed by atoms with Crippen molar-refractivity contribution in [1.29, 1.82) is 0 Å². The summed E-state index contributed by atoms with van der Waals surface area (Å²) in [5.41, 5.74) is 0. The second-order valence-electron chi connectivity index (χ2n) is 8.25. The van der Waals surface area contributed by atoms with Crippen molar-refractivity contribution in [3.63, 3.8) is 0 Å². The van der Waals surface area contributed by atoms with Gasteiger partial charge in [-0.25, -0.2) is 4.79 Å². The summed E-state index contributed by atoms with van der Waals surface area (Å²) in [6, 6.07) is 0.0531. The molecule has 0 aromatic rings. The number of nitrogens with zero attached hydrogens (tertiary/aromatic N) is 2. The van der Waals surface area contributed by atoms with Crippen LogP contribution in [0.4, 0.5) is 4.79 Å². The number of carbonyl (C=O) groups excluding carboxylic acids is 2. The van der Waals surface area contributed by atoms with Crippen LogP contribution < -0.4 is 5.32 Å². The lowest BCUT2D eigenvalue weighted by molar-refractivity contribution is -0.133. The fraction of sp³-hybridized carbons (Fsp3) is 0.900. The van der Waals surface area contributed by atoms with E-state index in [1.807, 2.05) is 9.80 Å². The van der Waals surface area contributed by atoms with E-state index in [9.17, 15) is 9.59 Å². The molecule has 25 heavy (non-hydrogen) atoms. The van der Waals surface area contributed by atoms with Gasteiger partial charge in [0.25, 0.3) is 0 Å². The maximum atomic E-state index is 12.5. The van der Waals surface area contributed by atoms with Crippen molar-refractivity contribution in [3.05, 3.63) is 0 Å². The molecule has 142 valence electrons. The van der Waals surface area contributed by atoms with Crippen LogP contribution in [0.3, 0.4) is 0 Å². The third-order valence-electron chi connectivity index (χ3n) is 6.41. The van der Waals surface area contributed by atoms with Gasteiger partial charge in [0.2, 0.25) is 5.91 Å². The molecule has 3 amide bonds. The van der Waals surface area contributed by atoms with E-state index < -0.39 is 0 Å². The van der Waals surface area contributed by atoms with Crippen LogP contribution in [0, 0.1) is 11.8 Å². The maximum absolute atomic E-state index is 12.5. The van der Waals surface area contributed by atoms with E-state index in [2.05, 4.69) is 5.32 Å². The van der Waals surface area contributed by atoms with Gasteiger partial charge < -0.3 is 15.1 Å². The van der Waals surface area contributed by atoms with Gasteiger partial charge in [-0.2, -0.15) is 0 Å². The molecule has 0 bridgehead atoms. The monoisotopic (exact) mass is 349 g/mol. The van der Waals surface area contributed by atoms with Crippen molar-refractivity contribution >= 4 is 11.9 Å². The van der Waals surface area contributed by atoms with Crippen molar-refractivity contribution in [2.45, 2.75) is 70.6 Å². The van der Waals surface area contributed by atoms with E-state index >= 15 is 0 Å². The quantitative estimate of drug-likeness (QED) is 0.827. The molecule has 1 saturated heterocycles. The fourth-order valence-electron chi connectivity index (χ4n) is 4.72. The van der Waals surface area contributed by atoms with E-state index in [0.29, 0.717) is 44.4 Å². The van der Waals surface area contributed by atoms with Gasteiger partial charge in [0.05, 0.1) is 0 Å². The number of hydrogen-bond acceptors (Lipinski definition) is 2. The van der Waals surface area contributed by atoms with Crippen LogP contribution in [-0.4, -0.2) is 54.5 Å². The zero-order chi connectivity index (χ0) is 17.5. The topological polar surface area (TPSA) is 52.7 Å². The lowest BCUT2D eigenvalue weighted by Gasteiger charge is -2.35. The standard InChI is InChI=1S/C20H35N3O2/c24-19(16-18-8-2-1-3-9-18)22-12-14-23(15-13-22)20(25)21-11-10-17-6-4-5-7-17/h17-18H,1-16H2,(H,21,25). The lowest BCUT2D eigenvalue weighted by atomic mass is 9.86. The van der Waals surface area contributed by atoms with E-state index in [1.54, 1.807) is 0 Å². The first-order valence-corrected chi connectivity index (χ1v) is 10.5. The maximum Gasteiger partial charge on any atom is 0.317 e. The SMILES string of the molecule is O=C(CC1CCCCC1)N1CCN(C(=O)NCCC2CCCC2)CC1. The summed E-state index contributed by atoms with van der Waals surface area (Å²) < 4.78 is 0. The molecule has 5 heteroatoms. The van der Waals surface area contributed by atoms with Crippen LogP contribution in [0.15, 0.2) is 0 Å². The molecule has 5 nitrogen and oxygen atoms in total. The van der Waals surface area contributed by atoms with Gasteiger partial charge in [-0.15, -0.1) is 0 Å². The van der Waals surface area contributed by atoms with E-state index in [1.165, 1.54) is 57.8 Å². The van der Waals surface area contributed by atoms with Gasteiger partial charge in [0.15, 0.2) is 0 Å². The molecule has 3 aliphatic rings. The van der Waals surface area contributed by atoms with Crippen molar-refractivity contribution in [2.24, 2.45) is 11.8 Å². The van der Waals surface area contributed by atoms with Crippen molar-refractivity contribution < 1.29 is 9.59 Å². The third kappa shape index (κ3) is 5.61. The van der Waals surface area contributed by atoms with Crippen molar-refractivity contribution in [3.8, 4) is 0 Å². The number of urea groups is 1. The molecule has 0 unspecified atom stereocenters. The summed E-state index contributed by atoms with van der Waals surface area (Å²) in [6.07, 6.45) is 13.5. The molecule has 2 saturated carbocycles. The molecule has 2 aliphatic carbocycles. The normalized spacial score (nSPS) is 23.0. The number of piperazine rings is 1. The number of amides is 3. The van der Waals surface area contributed by atoms with Gasteiger partial charge in [0.1, 0.15) is 0 Å². The van der Waals surface area contributed by atoms with Gasteiger partial charge in [0, 0.05) is 39.1 Å². The van der Waals surface area contributed by atoms with Crippen LogP contribution in [0.5, 0.6) is 0 Å². The fourth-order valence-corrected chi connectivity index (χ4v) is 4.72. The first kappa shape index (κ1) is 18.5. The molecule has 1 N–H and O–H groups in total. The van der Waals surface area contributed by atoms with Crippen LogP contribution in [0.25, 0.3) is 0 Å². The Morgan fingerprint density at radius 2 is 1.32 bits per heavy atom. The van der Waals surface area contributed by atoms with E-state index in [4.69, 9.17) is 0 Å². The smallest absolute Gasteiger partial charge is 0.317 e. The predicted molar refractivity (Wildman–Crippen MR) is 99.3 cm³/mol. The van der Waals surface area contributed by atoms with Crippen LogP contribution in [0.1, 0.15) is 70.6 Å². The third-order valence-corrected chi connectivity index (χ3v) is 6.41. The summed E-state index contributed by atoms with van der Waals surface area (Å²) in [4.78, 5) is 28.6. The second kappa shape index (κ2) is 9.44. The van der Waals surface area contributed by atoms with Crippen LogP contribution >= 0.6 is 0 Å². The minimum Gasteiger partial charge on any atom is -0.339 e. The highest BCUT2D eigenvalue weighted by Crippen LogP contribution is 2.27. The number of hydrogen-bond donors (Lipinski definition) is 1. The molecular formula is C20H35N3O2. The van der Waals surface area contributed by atoms with Crippen molar-refractivity contribution in [2.75, 3.05) is 32.7 Å². The summed E-state index contributed by atoms with van der Waals surface area (Å²) in [6.45, 7) is 3.53. The first-order valence-electron chi connectivity index (χ1n) is 10.5. The van der Waals surface area contributed by atoms with Crippen LogP contribution in [-0.2, 0) is 4.79 Å². The van der Waals surface area contributed by atoms with Gasteiger partial charge in [-0.05, 0) is 31.1 Å². The van der Waals surface area contributed by atoms with Crippen molar-refractivity contribution in [1.82, 2.24) is 15.1 Å². The molecule has 1 heterocycles. The summed E-state index contributed by atoms with van der Waals surface area (Å²) in [5.74, 6) is 1.71. The largest absolute Gasteiger partial charge is 0.339 e. The highest BCUT2D eigenvalue weighted by Gasteiger charge is 2.26. The Hall–Kier alpha value is -1.26. The molecule has 0 spiro atoms. The number of carbonyl (C=O) groups is 2. The molecule has 0 aromatic carbocycles. The minimum atomic E-state index is 0.0531. The molecule has 0 aromatic heterocycles. The first-order chi connectivity index (χ1) is 12.2. The Kier molecular flexibility index (Phi) is 7.00. The van der Waals surface area contributed by atoms with Crippen LogP contribution in [0.2, 0.25) is 0 Å². The average Bonchev–Trinajstić information content (AvgIpc) is 3.16. The lowest BCUT2D eigenvalue weighted by Crippen LogP contribution is -2.53. The average molecular weight is 350 g/mol. The van der Waals surface area contributed by atoms with Gasteiger partial charge in [-0.1, -0.05) is 44.9 Å². The molecular weight excluding hydrogens is 314 g/mol. The Morgan fingerprint density at radius 3 is 2.00 bits per heavy atom. The van der Waals surface area contributed by atoms with E-state index in [-0.39, 0.29) is 6.03 Å². The predicted octanol–water partition coefficient (Wildman–Crippen LogP) is 3.39. The Labute approximate surface area is 152 Å². The Morgan fingerprint density at radius 1 is 0.760 bits per heavy atom. The second-order valence-corrected chi connectivity index (χ2v) is 8.25. The number of rotatable bonds is 5. The molecule has 0 atom stereocenters. The summed E-state index contributed by atoms with van der Waals surface area (Å²) >= 11 is 0. The number of nitrogens with one attached hydrogen (secondary N) is 1. The highest BCUT2D eigenvalue weighted by molar-refractivity contribution is 5.78. The highest BCUT2D eigenvalue weighted by atomic mass is 16.2. The molecule has 3 rings (SSSR count). The molecule has 0 radical (unpaired) electrons.